The van der Waals surface area contributed by atoms with Gasteiger partial charge in [0.15, 0.2) is 9.84 Å². The molecule has 0 bridgehead atoms. The topological polar surface area (TPSA) is 54.5 Å². The van der Waals surface area contributed by atoms with E-state index in [-0.39, 0.29) is 5.75 Å². The predicted molar refractivity (Wildman–Crippen MR) is 85.7 cm³/mol. The molecule has 2 rings (SSSR count). The van der Waals surface area contributed by atoms with E-state index in [1.54, 1.807) is 24.3 Å². The first kappa shape index (κ1) is 16.6. The molecule has 1 heterocycles. The molecule has 1 amide bonds. The van der Waals surface area contributed by atoms with E-state index in [4.69, 9.17) is 34.8 Å². The van der Waals surface area contributed by atoms with Crippen LogP contribution in [0.3, 0.4) is 0 Å². The van der Waals surface area contributed by atoms with Gasteiger partial charge >= 0.3 is 0 Å². The third-order valence-electron chi connectivity index (χ3n) is 3.02. The van der Waals surface area contributed by atoms with Crippen LogP contribution in [0.25, 0.3) is 0 Å². The van der Waals surface area contributed by atoms with E-state index in [1.165, 1.54) is 11.0 Å². The fraction of sp³-hybridized carbons (Fsp3) is 0.308. The first-order valence-corrected chi connectivity index (χ1v) is 8.83. The van der Waals surface area contributed by atoms with Crippen LogP contribution in [-0.2, 0) is 14.6 Å². The molecule has 0 radical (unpaired) electrons. The summed E-state index contributed by atoms with van der Waals surface area (Å²) in [5.74, 6) is -1.02. The summed E-state index contributed by atoms with van der Waals surface area (Å²) in [7, 11) is -3.34. The summed E-state index contributed by atoms with van der Waals surface area (Å²) in [6, 6.07) is 6.26. The second-order valence-corrected chi connectivity index (χ2v) is 8.95. The molecule has 1 aliphatic rings. The van der Waals surface area contributed by atoms with Crippen LogP contribution in [0.15, 0.2) is 35.7 Å². The fourth-order valence-electron chi connectivity index (χ4n) is 2.02. The highest BCUT2D eigenvalue weighted by Gasteiger charge is 2.41. The second kappa shape index (κ2) is 5.80. The number of carbonyl (C=O) groups excluding carboxylic acids is 1. The maximum Gasteiger partial charge on any atom is 0.279 e. The number of anilines is 1. The van der Waals surface area contributed by atoms with Crippen molar-refractivity contribution in [3.63, 3.8) is 0 Å². The van der Waals surface area contributed by atoms with Crippen molar-refractivity contribution in [1.82, 2.24) is 0 Å². The van der Waals surface area contributed by atoms with E-state index in [0.29, 0.717) is 5.69 Å². The molecule has 1 atom stereocenters. The van der Waals surface area contributed by atoms with Gasteiger partial charge in [-0.05, 0) is 25.1 Å². The Bertz CT molecular complexity index is 678. The summed E-state index contributed by atoms with van der Waals surface area (Å²) in [6.45, 7) is 1.89. The first-order valence-electron chi connectivity index (χ1n) is 5.98. The Morgan fingerprint density at radius 3 is 2.24 bits per heavy atom. The largest absolute Gasteiger partial charge is 0.301 e. The fourth-order valence-corrected chi connectivity index (χ4v) is 3.56. The third-order valence-corrected chi connectivity index (χ3v) is 4.88. The minimum absolute atomic E-state index is 0.229. The Balaban J connectivity index is 2.43. The van der Waals surface area contributed by atoms with Crippen molar-refractivity contribution in [2.75, 3.05) is 10.7 Å². The number of halogens is 3. The zero-order chi connectivity index (χ0) is 15.8. The van der Waals surface area contributed by atoms with Crippen LogP contribution >= 0.6 is 34.8 Å². The number of nitrogens with zero attached hydrogens (tertiary/aromatic N) is 1. The SMILES string of the molecule is Cc1ccc(N(C(=O)C(Cl)(Cl)Cl)[C@@H]2C=CS(=O)(=O)C2)cc1. The zero-order valence-corrected chi connectivity index (χ0v) is 14.0. The summed E-state index contributed by atoms with van der Waals surface area (Å²) in [5.41, 5.74) is 1.47. The van der Waals surface area contributed by atoms with Crippen LogP contribution in [-0.4, -0.2) is 29.9 Å². The highest BCUT2D eigenvalue weighted by Crippen LogP contribution is 2.33. The quantitative estimate of drug-likeness (QED) is 0.754. The Hall–Kier alpha value is -0.750. The molecular weight excluding hydrogens is 357 g/mol. The van der Waals surface area contributed by atoms with Gasteiger partial charge in [-0.1, -0.05) is 52.5 Å². The molecule has 114 valence electrons. The van der Waals surface area contributed by atoms with Crippen LogP contribution in [0, 0.1) is 6.92 Å². The molecule has 0 spiro atoms. The molecule has 0 aliphatic carbocycles. The van der Waals surface area contributed by atoms with Crippen LogP contribution < -0.4 is 4.90 Å². The monoisotopic (exact) mass is 367 g/mol. The van der Waals surface area contributed by atoms with E-state index in [1.807, 2.05) is 6.92 Å². The molecule has 0 aromatic heterocycles. The van der Waals surface area contributed by atoms with Crippen LogP contribution in [0.4, 0.5) is 5.69 Å². The molecule has 0 fully saturated rings. The van der Waals surface area contributed by atoms with Crippen LogP contribution in [0.1, 0.15) is 5.56 Å². The lowest BCUT2D eigenvalue weighted by molar-refractivity contribution is -0.118. The average Bonchev–Trinajstić information content (AvgIpc) is 2.71. The standard InChI is InChI=1S/C13H12Cl3NO3S/c1-9-2-4-10(5-3-9)17(12(18)13(14,15)16)11-6-7-21(19,20)8-11/h2-7,11H,8H2,1H3/t11-/m1/s1. The van der Waals surface area contributed by atoms with Crippen molar-refractivity contribution >= 4 is 56.2 Å². The minimum atomic E-state index is -3.34. The number of hydrogen-bond donors (Lipinski definition) is 0. The number of carbonyl (C=O) groups is 1. The number of sulfone groups is 1. The summed E-state index contributed by atoms with van der Waals surface area (Å²) in [4.78, 5) is 13.6. The Morgan fingerprint density at radius 2 is 1.81 bits per heavy atom. The van der Waals surface area contributed by atoms with Gasteiger partial charge in [0.2, 0.25) is 0 Å². The minimum Gasteiger partial charge on any atom is -0.301 e. The van der Waals surface area contributed by atoms with Gasteiger partial charge in [-0.2, -0.15) is 0 Å². The lowest BCUT2D eigenvalue weighted by atomic mass is 10.2. The Kier molecular flexibility index (Phi) is 4.59. The van der Waals surface area contributed by atoms with Crippen molar-refractivity contribution in [3.8, 4) is 0 Å². The highest BCUT2D eigenvalue weighted by atomic mass is 35.6. The molecule has 1 aliphatic heterocycles. The molecule has 0 saturated carbocycles. The summed E-state index contributed by atoms with van der Waals surface area (Å²) < 4.78 is 21.0. The number of alkyl halides is 3. The lowest BCUT2D eigenvalue weighted by Gasteiger charge is -2.30. The summed E-state index contributed by atoms with van der Waals surface area (Å²) >= 11 is 17.0. The molecule has 0 unspecified atom stereocenters. The van der Waals surface area contributed by atoms with Gasteiger partial charge in [0.25, 0.3) is 9.70 Å². The predicted octanol–water partition coefficient (Wildman–Crippen LogP) is 3.01. The van der Waals surface area contributed by atoms with Crippen molar-refractivity contribution in [2.24, 2.45) is 0 Å². The maximum absolute atomic E-state index is 12.3. The number of hydrogen-bond acceptors (Lipinski definition) is 3. The lowest BCUT2D eigenvalue weighted by Crippen LogP contribution is -2.46. The van der Waals surface area contributed by atoms with E-state index >= 15 is 0 Å². The number of benzene rings is 1. The van der Waals surface area contributed by atoms with E-state index in [0.717, 1.165) is 11.0 Å². The molecule has 0 saturated heterocycles. The molecule has 1 aromatic rings. The molecule has 21 heavy (non-hydrogen) atoms. The summed E-state index contributed by atoms with van der Waals surface area (Å²) in [6.07, 6.45) is 1.42. The van der Waals surface area contributed by atoms with Gasteiger partial charge in [-0.15, -0.1) is 0 Å². The van der Waals surface area contributed by atoms with Gasteiger partial charge < -0.3 is 4.90 Å². The Morgan fingerprint density at radius 1 is 1.24 bits per heavy atom. The number of rotatable bonds is 2. The highest BCUT2D eigenvalue weighted by molar-refractivity contribution is 7.94. The number of amides is 1. The van der Waals surface area contributed by atoms with E-state index < -0.39 is 25.6 Å². The normalized spacial score (nSPS) is 20.5. The molecule has 1 aromatic carbocycles. The van der Waals surface area contributed by atoms with Gasteiger partial charge in [0, 0.05) is 11.1 Å². The molecule has 8 heteroatoms. The summed E-state index contributed by atoms with van der Waals surface area (Å²) in [5, 5.41) is 1.07. The van der Waals surface area contributed by atoms with Crippen molar-refractivity contribution < 1.29 is 13.2 Å². The molecular formula is C13H12Cl3NO3S. The van der Waals surface area contributed by atoms with Crippen molar-refractivity contribution in [1.29, 1.82) is 0 Å². The van der Waals surface area contributed by atoms with E-state index in [2.05, 4.69) is 0 Å². The van der Waals surface area contributed by atoms with Crippen LogP contribution in [0.5, 0.6) is 0 Å². The molecule has 4 nitrogen and oxygen atoms in total. The number of aryl methyl sites for hydroxylation is 1. The van der Waals surface area contributed by atoms with Crippen LogP contribution in [0.2, 0.25) is 0 Å². The molecule has 0 N–H and O–H groups in total. The third kappa shape index (κ3) is 3.92. The second-order valence-electron chi connectivity index (χ2n) is 4.73. The Labute approximate surface area is 138 Å². The van der Waals surface area contributed by atoms with Gasteiger partial charge in [-0.3, -0.25) is 4.79 Å². The van der Waals surface area contributed by atoms with Gasteiger partial charge in [0.05, 0.1) is 11.8 Å². The van der Waals surface area contributed by atoms with Gasteiger partial charge in [-0.25, -0.2) is 8.42 Å². The average molecular weight is 369 g/mol. The van der Waals surface area contributed by atoms with Crippen molar-refractivity contribution in [3.05, 3.63) is 41.3 Å². The van der Waals surface area contributed by atoms with Gasteiger partial charge in [0.1, 0.15) is 0 Å². The first-order chi connectivity index (χ1) is 9.60. The maximum atomic E-state index is 12.3. The smallest absolute Gasteiger partial charge is 0.279 e. The van der Waals surface area contributed by atoms with Crippen molar-refractivity contribution in [2.45, 2.75) is 16.8 Å². The van der Waals surface area contributed by atoms with E-state index in [9.17, 15) is 13.2 Å². The zero-order valence-electron chi connectivity index (χ0n) is 11.0.